The van der Waals surface area contributed by atoms with Crippen LogP contribution in [0.5, 0.6) is 0 Å². The predicted octanol–water partition coefficient (Wildman–Crippen LogP) is 3.21. The van der Waals surface area contributed by atoms with Crippen molar-refractivity contribution >= 4 is 21.6 Å². The molecule has 2 nitrogen and oxygen atoms in total. The quantitative estimate of drug-likeness (QED) is 0.828. The Balaban J connectivity index is 3.06. The van der Waals surface area contributed by atoms with E-state index in [1.54, 1.807) is 25.3 Å². The number of rotatable bonds is 5. The van der Waals surface area contributed by atoms with Gasteiger partial charge in [0.25, 0.3) is 0 Å². The van der Waals surface area contributed by atoms with Crippen molar-refractivity contribution in [2.75, 3.05) is 6.26 Å². The van der Waals surface area contributed by atoms with Gasteiger partial charge < -0.3 is 0 Å². The molecule has 96 valence electrons. The molecule has 0 aliphatic rings. The fourth-order valence-corrected chi connectivity index (χ4v) is 4.20. The topological polar surface area (TPSA) is 34.1 Å². The number of alkyl halides is 1. The highest BCUT2D eigenvalue weighted by Gasteiger charge is 2.33. The van der Waals surface area contributed by atoms with Crippen molar-refractivity contribution in [3.8, 4) is 0 Å². The molecule has 0 heterocycles. The van der Waals surface area contributed by atoms with E-state index >= 15 is 0 Å². The van der Waals surface area contributed by atoms with Gasteiger partial charge >= 0.3 is 0 Å². The van der Waals surface area contributed by atoms with Crippen LogP contribution < -0.4 is 0 Å². The van der Waals surface area contributed by atoms with E-state index in [1.165, 1.54) is 23.9 Å². The Hall–Kier alpha value is -0.550. The number of halogens is 1. The maximum Gasteiger partial charge on any atom is 0.217 e. The summed E-state index contributed by atoms with van der Waals surface area (Å²) in [4.78, 5) is 0.0584. The third-order valence-corrected chi connectivity index (χ3v) is 5.84. The summed E-state index contributed by atoms with van der Waals surface area (Å²) in [5, 5.41) is -0.513. The van der Waals surface area contributed by atoms with Crippen LogP contribution in [0.4, 0.5) is 4.39 Å². The lowest BCUT2D eigenvalue weighted by atomic mass is 10.2. The number of benzene rings is 1. The summed E-state index contributed by atoms with van der Waals surface area (Å²) in [5.74, 6) is 0. The minimum atomic E-state index is -3.87. The fourth-order valence-electron chi connectivity index (χ4n) is 1.52. The molecule has 0 N–H and O–H groups in total. The van der Waals surface area contributed by atoms with Crippen molar-refractivity contribution in [3.05, 3.63) is 29.8 Å². The van der Waals surface area contributed by atoms with E-state index in [0.717, 1.165) is 5.56 Å². The zero-order valence-electron chi connectivity index (χ0n) is 10.2. The summed E-state index contributed by atoms with van der Waals surface area (Å²) in [6, 6.07) is 6.29. The van der Waals surface area contributed by atoms with Gasteiger partial charge in [-0.3, -0.25) is 0 Å². The molecular formula is C12H17FO2S2. The summed E-state index contributed by atoms with van der Waals surface area (Å²) in [6.07, 6.45) is 2.22. The molecule has 2 unspecified atom stereocenters. The molecular weight excluding hydrogens is 259 g/mol. The number of hydrogen-bond donors (Lipinski definition) is 0. The van der Waals surface area contributed by atoms with E-state index in [0.29, 0.717) is 6.42 Å². The first-order valence-electron chi connectivity index (χ1n) is 5.41. The lowest BCUT2D eigenvalue weighted by Gasteiger charge is -2.17. The SMILES string of the molecule is CCC(SC)C(F)S(=O)(=O)c1ccc(C)cc1. The van der Waals surface area contributed by atoms with Crippen LogP contribution in [0.25, 0.3) is 0 Å². The van der Waals surface area contributed by atoms with Gasteiger partial charge in [0.2, 0.25) is 15.3 Å². The molecule has 0 saturated heterocycles. The zero-order valence-corrected chi connectivity index (χ0v) is 11.8. The predicted molar refractivity (Wildman–Crippen MR) is 70.9 cm³/mol. The standard InChI is InChI=1S/C12H17FO2S2/c1-4-11(16-3)12(13)17(14,15)10-7-5-9(2)6-8-10/h5-8,11-12H,4H2,1-3H3. The molecule has 0 aliphatic carbocycles. The molecule has 0 saturated carbocycles. The second kappa shape index (κ2) is 5.87. The summed E-state index contributed by atoms with van der Waals surface area (Å²) in [5.41, 5.74) is -0.888. The maximum absolute atomic E-state index is 14.0. The van der Waals surface area contributed by atoms with Crippen LogP contribution in [0, 0.1) is 6.92 Å². The molecule has 0 amide bonds. The molecule has 5 heteroatoms. The second-order valence-electron chi connectivity index (χ2n) is 3.89. The molecule has 0 aromatic heterocycles. The van der Waals surface area contributed by atoms with Gasteiger partial charge in [0.15, 0.2) is 0 Å². The minimum Gasteiger partial charge on any atom is -0.228 e. The number of thioether (sulfide) groups is 1. The van der Waals surface area contributed by atoms with Gasteiger partial charge in [-0.2, -0.15) is 11.8 Å². The van der Waals surface area contributed by atoms with E-state index in [-0.39, 0.29) is 4.90 Å². The Bertz CT molecular complexity index is 450. The van der Waals surface area contributed by atoms with Gasteiger partial charge in [-0.1, -0.05) is 24.6 Å². The molecule has 1 rings (SSSR count). The summed E-state index contributed by atoms with van der Waals surface area (Å²) in [7, 11) is -3.87. The van der Waals surface area contributed by atoms with Gasteiger partial charge in [0.1, 0.15) is 0 Å². The first-order chi connectivity index (χ1) is 7.93. The van der Waals surface area contributed by atoms with Gasteiger partial charge in [-0.25, -0.2) is 12.8 Å². The third kappa shape index (κ3) is 3.22. The largest absolute Gasteiger partial charge is 0.228 e. The average molecular weight is 276 g/mol. The highest BCUT2D eigenvalue weighted by atomic mass is 32.2. The highest BCUT2D eigenvalue weighted by molar-refractivity contribution is 8.00. The van der Waals surface area contributed by atoms with E-state index in [9.17, 15) is 12.8 Å². The van der Waals surface area contributed by atoms with Crippen molar-refractivity contribution in [2.24, 2.45) is 0 Å². The Kier molecular flexibility index (Phi) is 5.01. The average Bonchev–Trinajstić information content (AvgIpc) is 2.31. The highest BCUT2D eigenvalue weighted by Crippen LogP contribution is 2.27. The molecule has 0 radical (unpaired) electrons. The van der Waals surface area contributed by atoms with Crippen LogP contribution in [0.1, 0.15) is 18.9 Å². The zero-order chi connectivity index (χ0) is 13.1. The summed E-state index contributed by atoms with van der Waals surface area (Å²) >= 11 is 1.25. The Labute approximate surface area is 107 Å². The van der Waals surface area contributed by atoms with Crippen LogP contribution in [0.3, 0.4) is 0 Å². The Morgan fingerprint density at radius 2 is 1.82 bits per heavy atom. The number of aryl methyl sites for hydroxylation is 1. The monoisotopic (exact) mass is 276 g/mol. The molecule has 0 aliphatic heterocycles. The van der Waals surface area contributed by atoms with Crippen LogP contribution in [-0.2, 0) is 9.84 Å². The lowest BCUT2D eigenvalue weighted by molar-refractivity contribution is 0.404. The van der Waals surface area contributed by atoms with Gasteiger partial charge in [-0.15, -0.1) is 0 Å². The summed E-state index contributed by atoms with van der Waals surface area (Å²) in [6.45, 7) is 3.65. The number of hydrogen-bond acceptors (Lipinski definition) is 3. The Morgan fingerprint density at radius 3 is 2.24 bits per heavy atom. The van der Waals surface area contributed by atoms with Crippen LogP contribution in [0.15, 0.2) is 29.2 Å². The van der Waals surface area contributed by atoms with Crippen molar-refractivity contribution in [1.82, 2.24) is 0 Å². The minimum absolute atomic E-state index is 0.0584. The molecule has 0 fully saturated rings. The third-order valence-electron chi connectivity index (χ3n) is 2.64. The smallest absolute Gasteiger partial charge is 0.217 e. The molecule has 17 heavy (non-hydrogen) atoms. The maximum atomic E-state index is 14.0. The normalized spacial score (nSPS) is 15.5. The van der Waals surface area contributed by atoms with Crippen molar-refractivity contribution in [3.63, 3.8) is 0 Å². The van der Waals surface area contributed by atoms with Crippen LogP contribution in [0.2, 0.25) is 0 Å². The first kappa shape index (κ1) is 14.5. The second-order valence-corrected chi connectivity index (χ2v) is 6.98. The number of sulfone groups is 1. The van der Waals surface area contributed by atoms with Crippen molar-refractivity contribution < 1.29 is 12.8 Å². The summed E-state index contributed by atoms with van der Waals surface area (Å²) < 4.78 is 38.1. The van der Waals surface area contributed by atoms with Gasteiger partial charge in [-0.05, 0) is 31.7 Å². The first-order valence-corrected chi connectivity index (χ1v) is 8.24. The molecule has 0 spiro atoms. The van der Waals surface area contributed by atoms with E-state index in [2.05, 4.69) is 0 Å². The van der Waals surface area contributed by atoms with E-state index < -0.39 is 20.6 Å². The van der Waals surface area contributed by atoms with Crippen molar-refractivity contribution in [1.29, 1.82) is 0 Å². The molecule has 0 bridgehead atoms. The van der Waals surface area contributed by atoms with Gasteiger partial charge in [0, 0.05) is 0 Å². The van der Waals surface area contributed by atoms with Gasteiger partial charge in [0.05, 0.1) is 10.1 Å². The van der Waals surface area contributed by atoms with Crippen LogP contribution in [-0.4, -0.2) is 25.4 Å². The van der Waals surface area contributed by atoms with E-state index in [4.69, 9.17) is 0 Å². The molecule has 1 aromatic rings. The molecule has 1 aromatic carbocycles. The molecule has 2 atom stereocenters. The lowest BCUT2D eigenvalue weighted by Crippen LogP contribution is -2.27. The van der Waals surface area contributed by atoms with Crippen LogP contribution >= 0.6 is 11.8 Å². The Morgan fingerprint density at radius 1 is 1.29 bits per heavy atom. The van der Waals surface area contributed by atoms with Crippen molar-refractivity contribution in [2.45, 2.75) is 35.9 Å². The van der Waals surface area contributed by atoms with E-state index in [1.807, 2.05) is 6.92 Å². The fraction of sp³-hybridized carbons (Fsp3) is 0.500.